The lowest BCUT2D eigenvalue weighted by Gasteiger charge is -2.12. The molecule has 2 aromatic carbocycles. The number of nitrogens with zero attached hydrogens (tertiary/aromatic N) is 1. The molecular formula is C19H19FN2S. The molecule has 1 aromatic heterocycles. The zero-order valence-corrected chi connectivity index (χ0v) is 13.8. The van der Waals surface area contributed by atoms with Gasteiger partial charge in [-0.1, -0.05) is 37.3 Å². The first-order valence-electron chi connectivity index (χ1n) is 7.68. The van der Waals surface area contributed by atoms with Crippen LogP contribution in [0.15, 0.2) is 60.0 Å². The molecule has 0 bridgehead atoms. The van der Waals surface area contributed by atoms with Gasteiger partial charge in [-0.25, -0.2) is 9.37 Å². The van der Waals surface area contributed by atoms with Gasteiger partial charge in [-0.05, 0) is 35.7 Å². The van der Waals surface area contributed by atoms with Crippen LogP contribution in [0.3, 0.4) is 0 Å². The van der Waals surface area contributed by atoms with Crippen LogP contribution in [0.1, 0.15) is 24.1 Å². The normalized spacial score (nSPS) is 12.3. The molecule has 1 heterocycles. The Labute approximate surface area is 140 Å². The lowest BCUT2D eigenvalue weighted by atomic mass is 10.0. The van der Waals surface area contributed by atoms with Crippen molar-refractivity contribution in [2.45, 2.75) is 19.4 Å². The molecule has 0 saturated heterocycles. The van der Waals surface area contributed by atoms with Gasteiger partial charge in [-0.15, -0.1) is 11.3 Å². The molecule has 0 amide bonds. The minimum atomic E-state index is -0.220. The van der Waals surface area contributed by atoms with E-state index in [1.807, 2.05) is 6.07 Å². The maximum absolute atomic E-state index is 13.0. The summed E-state index contributed by atoms with van der Waals surface area (Å²) in [5.41, 5.74) is 3.32. The third kappa shape index (κ3) is 4.24. The number of rotatable bonds is 6. The lowest BCUT2D eigenvalue weighted by molar-refractivity contribution is 0.610. The Morgan fingerprint density at radius 2 is 1.83 bits per heavy atom. The van der Waals surface area contributed by atoms with Crippen LogP contribution in [0.5, 0.6) is 0 Å². The monoisotopic (exact) mass is 326 g/mol. The Morgan fingerprint density at radius 1 is 1.09 bits per heavy atom. The van der Waals surface area contributed by atoms with E-state index in [-0.39, 0.29) is 5.82 Å². The fraction of sp³-hybridized carbons (Fsp3) is 0.211. The summed E-state index contributed by atoms with van der Waals surface area (Å²) in [4.78, 5) is 4.61. The van der Waals surface area contributed by atoms with Crippen LogP contribution in [0.25, 0.3) is 10.6 Å². The summed E-state index contributed by atoms with van der Waals surface area (Å²) in [6, 6.07) is 17.0. The van der Waals surface area contributed by atoms with Crippen molar-refractivity contribution in [2.24, 2.45) is 0 Å². The fourth-order valence-corrected chi connectivity index (χ4v) is 3.26. The molecule has 0 fully saturated rings. The maximum atomic E-state index is 13.0. The molecule has 0 saturated carbocycles. The van der Waals surface area contributed by atoms with E-state index in [1.165, 1.54) is 17.7 Å². The van der Waals surface area contributed by atoms with E-state index in [0.717, 1.165) is 29.4 Å². The Kier molecular flexibility index (Phi) is 5.16. The highest BCUT2D eigenvalue weighted by molar-refractivity contribution is 7.13. The van der Waals surface area contributed by atoms with Gasteiger partial charge in [0.2, 0.25) is 0 Å². The predicted octanol–water partition coefficient (Wildman–Crippen LogP) is 4.84. The van der Waals surface area contributed by atoms with Crippen LogP contribution in [-0.2, 0) is 6.54 Å². The van der Waals surface area contributed by atoms with Gasteiger partial charge in [-0.3, -0.25) is 0 Å². The van der Waals surface area contributed by atoms with Crippen LogP contribution in [0.4, 0.5) is 4.39 Å². The molecule has 0 spiro atoms. The average Bonchev–Trinajstić information content (AvgIpc) is 3.05. The van der Waals surface area contributed by atoms with Gasteiger partial charge in [0.25, 0.3) is 0 Å². The van der Waals surface area contributed by atoms with Crippen molar-refractivity contribution in [3.8, 4) is 10.6 Å². The van der Waals surface area contributed by atoms with Crippen molar-refractivity contribution in [1.82, 2.24) is 10.3 Å². The van der Waals surface area contributed by atoms with Crippen LogP contribution in [0, 0.1) is 5.82 Å². The van der Waals surface area contributed by atoms with Crippen molar-refractivity contribution in [3.63, 3.8) is 0 Å². The summed E-state index contributed by atoms with van der Waals surface area (Å²) >= 11 is 1.59. The Bertz CT molecular complexity index is 738. The van der Waals surface area contributed by atoms with E-state index in [9.17, 15) is 4.39 Å². The zero-order chi connectivity index (χ0) is 16.1. The Hall–Kier alpha value is -2.04. The number of halogens is 1. The van der Waals surface area contributed by atoms with Gasteiger partial charge in [0, 0.05) is 24.0 Å². The highest BCUT2D eigenvalue weighted by Gasteiger charge is 2.07. The summed E-state index contributed by atoms with van der Waals surface area (Å²) in [6.45, 7) is 3.87. The SMILES string of the molecule is CC(CNCc1csc(-c2ccc(F)cc2)n1)c1ccccc1. The molecule has 1 N–H and O–H groups in total. The maximum Gasteiger partial charge on any atom is 0.123 e. The summed E-state index contributed by atoms with van der Waals surface area (Å²) < 4.78 is 13.0. The molecule has 118 valence electrons. The number of thiazole rings is 1. The first-order valence-corrected chi connectivity index (χ1v) is 8.56. The van der Waals surface area contributed by atoms with Crippen LogP contribution in [-0.4, -0.2) is 11.5 Å². The quantitative estimate of drug-likeness (QED) is 0.701. The smallest absolute Gasteiger partial charge is 0.123 e. The standard InChI is InChI=1S/C19H19FN2S/c1-14(15-5-3-2-4-6-15)11-21-12-18-13-23-19(22-18)16-7-9-17(20)10-8-16/h2-10,13-14,21H,11-12H2,1H3. The molecule has 0 aliphatic rings. The van der Waals surface area contributed by atoms with Gasteiger partial charge < -0.3 is 5.32 Å². The number of nitrogens with one attached hydrogen (secondary N) is 1. The van der Waals surface area contributed by atoms with Crippen molar-refractivity contribution in [2.75, 3.05) is 6.54 Å². The summed E-state index contributed by atoms with van der Waals surface area (Å²) in [5, 5.41) is 6.44. The summed E-state index contributed by atoms with van der Waals surface area (Å²) in [5.74, 6) is 0.244. The zero-order valence-electron chi connectivity index (χ0n) is 13.0. The number of aromatic nitrogens is 1. The minimum Gasteiger partial charge on any atom is -0.311 e. The average molecular weight is 326 g/mol. The van der Waals surface area contributed by atoms with Crippen molar-refractivity contribution >= 4 is 11.3 Å². The first-order chi connectivity index (χ1) is 11.2. The van der Waals surface area contributed by atoms with E-state index in [0.29, 0.717) is 5.92 Å². The molecule has 0 radical (unpaired) electrons. The molecule has 2 nitrogen and oxygen atoms in total. The number of hydrogen-bond donors (Lipinski definition) is 1. The summed E-state index contributed by atoms with van der Waals surface area (Å²) in [7, 11) is 0. The molecule has 1 unspecified atom stereocenters. The predicted molar refractivity (Wildman–Crippen MR) is 94.1 cm³/mol. The molecule has 23 heavy (non-hydrogen) atoms. The lowest BCUT2D eigenvalue weighted by Crippen LogP contribution is -2.19. The van der Waals surface area contributed by atoms with Crippen molar-refractivity contribution in [3.05, 3.63) is 77.1 Å². The topological polar surface area (TPSA) is 24.9 Å². The van der Waals surface area contributed by atoms with E-state index < -0.39 is 0 Å². The third-order valence-corrected chi connectivity index (χ3v) is 4.71. The van der Waals surface area contributed by atoms with Gasteiger partial charge in [0.05, 0.1) is 5.69 Å². The largest absolute Gasteiger partial charge is 0.311 e. The van der Waals surface area contributed by atoms with Crippen LogP contribution < -0.4 is 5.32 Å². The number of benzene rings is 2. The highest BCUT2D eigenvalue weighted by atomic mass is 32.1. The Morgan fingerprint density at radius 3 is 2.57 bits per heavy atom. The molecule has 4 heteroatoms. The van der Waals surface area contributed by atoms with Crippen molar-refractivity contribution in [1.29, 1.82) is 0 Å². The second kappa shape index (κ2) is 7.49. The molecule has 3 aromatic rings. The Balaban J connectivity index is 1.54. The molecule has 0 aliphatic heterocycles. The van der Waals surface area contributed by atoms with Crippen LogP contribution >= 0.6 is 11.3 Å². The summed E-state index contributed by atoms with van der Waals surface area (Å²) in [6.07, 6.45) is 0. The number of hydrogen-bond acceptors (Lipinski definition) is 3. The van der Waals surface area contributed by atoms with Crippen molar-refractivity contribution < 1.29 is 4.39 Å². The molecule has 0 aliphatic carbocycles. The van der Waals surface area contributed by atoms with Crippen LogP contribution in [0.2, 0.25) is 0 Å². The molecule has 3 rings (SSSR count). The third-order valence-electron chi connectivity index (χ3n) is 3.77. The van der Waals surface area contributed by atoms with Gasteiger partial charge in [-0.2, -0.15) is 0 Å². The van der Waals surface area contributed by atoms with E-state index in [4.69, 9.17) is 0 Å². The highest BCUT2D eigenvalue weighted by Crippen LogP contribution is 2.24. The van der Waals surface area contributed by atoms with Gasteiger partial charge in [0.1, 0.15) is 10.8 Å². The first kappa shape index (κ1) is 15.8. The van der Waals surface area contributed by atoms with E-state index >= 15 is 0 Å². The molecule has 1 atom stereocenters. The second-order valence-electron chi connectivity index (χ2n) is 5.59. The van der Waals surface area contributed by atoms with Gasteiger partial charge >= 0.3 is 0 Å². The minimum absolute atomic E-state index is 0.220. The fourth-order valence-electron chi connectivity index (χ4n) is 2.43. The molecular weight excluding hydrogens is 307 g/mol. The second-order valence-corrected chi connectivity index (χ2v) is 6.45. The van der Waals surface area contributed by atoms with E-state index in [2.05, 4.69) is 46.9 Å². The van der Waals surface area contributed by atoms with E-state index in [1.54, 1.807) is 23.5 Å². The van der Waals surface area contributed by atoms with Gasteiger partial charge in [0.15, 0.2) is 0 Å².